The van der Waals surface area contributed by atoms with E-state index in [1.54, 1.807) is 0 Å². The van der Waals surface area contributed by atoms with E-state index >= 15 is 0 Å². The summed E-state index contributed by atoms with van der Waals surface area (Å²) in [7, 11) is 2.19. The van der Waals surface area contributed by atoms with Crippen LogP contribution in [0.25, 0.3) is 0 Å². The molecule has 0 radical (unpaired) electrons. The number of nitrogens with zero attached hydrogens (tertiary/aromatic N) is 2. The molecule has 0 spiro atoms. The predicted molar refractivity (Wildman–Crippen MR) is 66.3 cm³/mol. The number of hydrogen-bond donors (Lipinski definition) is 1. The molecule has 1 aromatic rings. The molecule has 0 aromatic carbocycles. The predicted octanol–water partition coefficient (Wildman–Crippen LogP) is 1.82. The molecule has 3 nitrogen and oxygen atoms in total. The summed E-state index contributed by atoms with van der Waals surface area (Å²) in [5.74, 6) is 0. The van der Waals surface area contributed by atoms with Crippen molar-refractivity contribution in [2.24, 2.45) is 0 Å². The number of rotatable bonds is 3. The Kier molecular flexibility index (Phi) is 3.56. The van der Waals surface area contributed by atoms with Crippen molar-refractivity contribution in [1.29, 1.82) is 0 Å². The van der Waals surface area contributed by atoms with Crippen LogP contribution in [0.3, 0.4) is 0 Å². The Bertz CT molecular complexity index is 315. The molecule has 88 valence electrons. The van der Waals surface area contributed by atoms with Crippen LogP contribution in [0.15, 0.2) is 24.4 Å². The van der Waals surface area contributed by atoms with Crippen LogP contribution >= 0.6 is 0 Å². The van der Waals surface area contributed by atoms with Gasteiger partial charge in [0.15, 0.2) is 0 Å². The summed E-state index contributed by atoms with van der Waals surface area (Å²) in [5, 5.41) is 3.65. The average Bonchev–Trinajstić information content (AvgIpc) is 2.59. The molecule has 0 aliphatic carbocycles. The maximum atomic E-state index is 4.38. The van der Waals surface area contributed by atoms with Gasteiger partial charge in [-0.05, 0) is 39.4 Å². The lowest BCUT2D eigenvalue weighted by atomic mass is 10.1. The standard InChI is InChI=1S/C13H21N3/c1-10-8-12(9-16(10)3)15-11(2)13-6-4-5-7-14-13/h4-7,10-12,15H,8-9H2,1-3H3. The van der Waals surface area contributed by atoms with Gasteiger partial charge in [0, 0.05) is 30.9 Å². The van der Waals surface area contributed by atoms with Crippen LogP contribution in [-0.4, -0.2) is 35.6 Å². The van der Waals surface area contributed by atoms with Gasteiger partial charge in [-0.2, -0.15) is 0 Å². The Morgan fingerprint density at radius 3 is 2.88 bits per heavy atom. The lowest BCUT2D eigenvalue weighted by Crippen LogP contribution is -2.33. The Morgan fingerprint density at radius 2 is 2.31 bits per heavy atom. The summed E-state index contributed by atoms with van der Waals surface area (Å²) >= 11 is 0. The van der Waals surface area contributed by atoms with Gasteiger partial charge in [-0.3, -0.25) is 4.98 Å². The molecule has 1 N–H and O–H groups in total. The van der Waals surface area contributed by atoms with E-state index in [9.17, 15) is 0 Å². The Labute approximate surface area is 97.9 Å². The zero-order valence-corrected chi connectivity index (χ0v) is 10.4. The molecule has 3 heteroatoms. The van der Waals surface area contributed by atoms with Gasteiger partial charge < -0.3 is 10.2 Å². The van der Waals surface area contributed by atoms with E-state index in [0.29, 0.717) is 18.1 Å². The van der Waals surface area contributed by atoms with Gasteiger partial charge in [0.1, 0.15) is 0 Å². The van der Waals surface area contributed by atoms with Crippen molar-refractivity contribution in [2.45, 2.75) is 38.4 Å². The highest BCUT2D eigenvalue weighted by Gasteiger charge is 2.27. The molecule has 1 aromatic heterocycles. The van der Waals surface area contributed by atoms with Crippen molar-refractivity contribution in [1.82, 2.24) is 15.2 Å². The number of likely N-dealkylation sites (N-methyl/N-ethyl adjacent to an activating group) is 1. The average molecular weight is 219 g/mol. The fourth-order valence-corrected chi connectivity index (χ4v) is 2.39. The van der Waals surface area contributed by atoms with E-state index in [1.807, 2.05) is 18.3 Å². The minimum atomic E-state index is 0.338. The summed E-state index contributed by atoms with van der Waals surface area (Å²) in [6, 6.07) is 7.71. The van der Waals surface area contributed by atoms with Gasteiger partial charge in [-0.1, -0.05) is 6.07 Å². The second kappa shape index (κ2) is 4.93. The van der Waals surface area contributed by atoms with E-state index in [-0.39, 0.29) is 0 Å². The van der Waals surface area contributed by atoms with Crippen molar-refractivity contribution < 1.29 is 0 Å². The third kappa shape index (κ3) is 2.60. The lowest BCUT2D eigenvalue weighted by Gasteiger charge is -2.18. The zero-order chi connectivity index (χ0) is 11.5. The first-order valence-corrected chi connectivity index (χ1v) is 6.04. The lowest BCUT2D eigenvalue weighted by molar-refractivity contribution is 0.325. The maximum Gasteiger partial charge on any atom is 0.0570 e. The topological polar surface area (TPSA) is 28.2 Å². The number of aromatic nitrogens is 1. The number of nitrogens with one attached hydrogen (secondary N) is 1. The van der Waals surface area contributed by atoms with E-state index in [2.05, 4.69) is 42.2 Å². The zero-order valence-electron chi connectivity index (χ0n) is 10.4. The highest BCUT2D eigenvalue weighted by Crippen LogP contribution is 2.18. The molecule has 1 fully saturated rings. The Balaban J connectivity index is 1.91. The number of pyridine rings is 1. The van der Waals surface area contributed by atoms with Gasteiger partial charge in [-0.15, -0.1) is 0 Å². The molecule has 0 amide bonds. The number of likely N-dealkylation sites (tertiary alicyclic amines) is 1. The van der Waals surface area contributed by atoms with Gasteiger partial charge in [0.2, 0.25) is 0 Å². The molecular weight excluding hydrogens is 198 g/mol. The van der Waals surface area contributed by atoms with E-state index in [1.165, 1.54) is 6.42 Å². The summed E-state index contributed by atoms with van der Waals surface area (Å²) < 4.78 is 0. The second-order valence-electron chi connectivity index (χ2n) is 4.86. The Morgan fingerprint density at radius 1 is 1.50 bits per heavy atom. The minimum Gasteiger partial charge on any atom is -0.305 e. The first-order chi connectivity index (χ1) is 7.66. The summed E-state index contributed by atoms with van der Waals surface area (Å²) in [5.41, 5.74) is 1.13. The first kappa shape index (κ1) is 11.6. The van der Waals surface area contributed by atoms with Crippen molar-refractivity contribution in [3.63, 3.8) is 0 Å². The molecule has 2 rings (SSSR count). The van der Waals surface area contributed by atoms with Crippen LogP contribution in [-0.2, 0) is 0 Å². The van der Waals surface area contributed by atoms with Crippen molar-refractivity contribution in [3.8, 4) is 0 Å². The minimum absolute atomic E-state index is 0.338. The normalized spacial score (nSPS) is 28.2. The van der Waals surface area contributed by atoms with Crippen molar-refractivity contribution in [2.75, 3.05) is 13.6 Å². The van der Waals surface area contributed by atoms with Crippen molar-refractivity contribution in [3.05, 3.63) is 30.1 Å². The molecule has 1 aliphatic rings. The summed E-state index contributed by atoms with van der Waals surface area (Å²) in [4.78, 5) is 6.79. The maximum absolute atomic E-state index is 4.38. The molecule has 1 saturated heterocycles. The van der Waals surface area contributed by atoms with E-state index in [0.717, 1.165) is 12.2 Å². The smallest absolute Gasteiger partial charge is 0.0570 e. The van der Waals surface area contributed by atoms with Crippen LogP contribution in [0.2, 0.25) is 0 Å². The summed E-state index contributed by atoms with van der Waals surface area (Å²) in [6.07, 6.45) is 3.09. The largest absolute Gasteiger partial charge is 0.305 e. The molecule has 16 heavy (non-hydrogen) atoms. The first-order valence-electron chi connectivity index (χ1n) is 6.04. The van der Waals surface area contributed by atoms with Gasteiger partial charge in [-0.25, -0.2) is 0 Å². The number of hydrogen-bond acceptors (Lipinski definition) is 3. The molecular formula is C13H21N3. The van der Waals surface area contributed by atoms with Gasteiger partial charge in [0.25, 0.3) is 0 Å². The van der Waals surface area contributed by atoms with E-state index < -0.39 is 0 Å². The fourth-order valence-electron chi connectivity index (χ4n) is 2.39. The quantitative estimate of drug-likeness (QED) is 0.840. The SMILES string of the molecule is CC(NC1CC(C)N(C)C1)c1ccccn1. The molecule has 3 unspecified atom stereocenters. The van der Waals surface area contributed by atoms with Crippen LogP contribution in [0.5, 0.6) is 0 Å². The molecule has 3 atom stereocenters. The third-order valence-corrected chi connectivity index (χ3v) is 3.50. The van der Waals surface area contributed by atoms with E-state index in [4.69, 9.17) is 0 Å². The molecule has 0 bridgehead atoms. The molecule has 2 heterocycles. The Hall–Kier alpha value is -0.930. The van der Waals surface area contributed by atoms with Crippen LogP contribution in [0.4, 0.5) is 0 Å². The fraction of sp³-hybridized carbons (Fsp3) is 0.615. The van der Waals surface area contributed by atoms with Crippen LogP contribution in [0.1, 0.15) is 32.0 Å². The van der Waals surface area contributed by atoms with Crippen LogP contribution in [0, 0.1) is 0 Å². The highest BCUT2D eigenvalue weighted by atomic mass is 15.2. The van der Waals surface area contributed by atoms with Crippen molar-refractivity contribution >= 4 is 0 Å². The monoisotopic (exact) mass is 219 g/mol. The molecule has 1 aliphatic heterocycles. The van der Waals surface area contributed by atoms with Crippen LogP contribution < -0.4 is 5.32 Å². The third-order valence-electron chi connectivity index (χ3n) is 3.50. The van der Waals surface area contributed by atoms with Gasteiger partial charge >= 0.3 is 0 Å². The second-order valence-corrected chi connectivity index (χ2v) is 4.86. The molecule has 0 saturated carbocycles. The summed E-state index contributed by atoms with van der Waals surface area (Å²) in [6.45, 7) is 5.61. The highest BCUT2D eigenvalue weighted by molar-refractivity contribution is 5.08. The van der Waals surface area contributed by atoms with Gasteiger partial charge in [0.05, 0.1) is 5.69 Å².